The molecule has 5 nitrogen and oxygen atoms in total. The highest BCUT2D eigenvalue weighted by atomic mass is 35.5. The van der Waals surface area contributed by atoms with Crippen LogP contribution in [-0.2, 0) is 16.6 Å². The first-order valence-corrected chi connectivity index (χ1v) is 10.0. The number of aromatic nitrogens is 3. The topological polar surface area (TPSA) is 57.0 Å². The van der Waals surface area contributed by atoms with Crippen molar-refractivity contribution in [2.75, 3.05) is 7.11 Å². The minimum Gasteiger partial charge on any atom is -0.469 e. The lowest BCUT2D eigenvalue weighted by atomic mass is 9.91. The minimum atomic E-state index is -0.0814. The van der Waals surface area contributed by atoms with Gasteiger partial charge < -0.3 is 9.30 Å². The second-order valence-electron chi connectivity index (χ2n) is 6.87. The fourth-order valence-electron chi connectivity index (χ4n) is 3.50. The molecule has 1 unspecified atom stereocenters. The molecule has 0 spiro atoms. The molecule has 7 heteroatoms. The first-order valence-electron chi connectivity index (χ1n) is 8.84. The zero-order valence-electron chi connectivity index (χ0n) is 15.1. The van der Waals surface area contributed by atoms with Crippen molar-refractivity contribution in [3.63, 3.8) is 0 Å². The number of hydrogen-bond acceptors (Lipinski definition) is 5. The van der Waals surface area contributed by atoms with Crippen molar-refractivity contribution in [1.29, 1.82) is 0 Å². The van der Waals surface area contributed by atoms with Crippen LogP contribution in [0.3, 0.4) is 0 Å². The summed E-state index contributed by atoms with van der Waals surface area (Å²) in [6, 6.07) is 3.75. The van der Waals surface area contributed by atoms with Crippen LogP contribution < -0.4 is 0 Å². The van der Waals surface area contributed by atoms with E-state index in [0.29, 0.717) is 16.9 Å². The Morgan fingerprint density at radius 2 is 2.22 bits per heavy atom. The van der Waals surface area contributed by atoms with E-state index in [4.69, 9.17) is 16.3 Å². The van der Waals surface area contributed by atoms with Crippen molar-refractivity contribution < 1.29 is 9.53 Å². The molecule has 1 saturated carbocycles. The summed E-state index contributed by atoms with van der Waals surface area (Å²) >= 11 is 7.50. The van der Waals surface area contributed by atoms with Crippen LogP contribution in [0.25, 0.3) is 5.57 Å². The number of hydrogen-bond donors (Lipinski definition) is 0. The molecular formula is C20H20ClN3O2S. The first-order chi connectivity index (χ1) is 13.1. The molecule has 4 rings (SSSR count). The highest BCUT2D eigenvalue weighted by Crippen LogP contribution is 2.48. The number of aryl methyl sites for hydroxylation is 1. The third-order valence-corrected chi connectivity index (χ3v) is 6.43. The van der Waals surface area contributed by atoms with Crippen molar-refractivity contribution in [2.24, 2.45) is 24.8 Å². The summed E-state index contributed by atoms with van der Waals surface area (Å²) in [5, 5.41) is 2.54. The maximum atomic E-state index is 11.7. The molecule has 0 N–H and O–H groups in total. The summed E-state index contributed by atoms with van der Waals surface area (Å²) in [4.78, 5) is 20.6. The van der Waals surface area contributed by atoms with E-state index in [2.05, 4.69) is 28.2 Å². The van der Waals surface area contributed by atoms with Gasteiger partial charge in [-0.1, -0.05) is 29.8 Å². The number of ether oxygens (including phenoxy) is 1. The summed E-state index contributed by atoms with van der Waals surface area (Å²) in [6.07, 6.45) is 11.9. The molecule has 0 aliphatic heterocycles. The van der Waals surface area contributed by atoms with Crippen molar-refractivity contribution >= 4 is 34.9 Å². The number of carbonyl (C=O) groups is 1. The molecule has 2 aromatic rings. The number of carbonyl (C=O) groups excluding carboxylic acids is 1. The van der Waals surface area contributed by atoms with Gasteiger partial charge in [-0.3, -0.25) is 4.79 Å². The summed E-state index contributed by atoms with van der Waals surface area (Å²) in [6.45, 7) is 0. The molecule has 140 valence electrons. The van der Waals surface area contributed by atoms with Crippen molar-refractivity contribution in [1.82, 2.24) is 14.5 Å². The van der Waals surface area contributed by atoms with Crippen LogP contribution in [-0.4, -0.2) is 27.6 Å². The lowest BCUT2D eigenvalue weighted by molar-refractivity contribution is -0.142. The number of pyridine rings is 1. The van der Waals surface area contributed by atoms with E-state index in [-0.39, 0.29) is 11.9 Å². The van der Waals surface area contributed by atoms with Crippen molar-refractivity contribution in [3.05, 3.63) is 53.6 Å². The second kappa shape index (κ2) is 7.52. The van der Waals surface area contributed by atoms with Crippen LogP contribution in [0.2, 0.25) is 5.02 Å². The minimum absolute atomic E-state index is 0.0662. The smallest absolute Gasteiger partial charge is 0.308 e. The van der Waals surface area contributed by atoms with Crippen LogP contribution >= 0.6 is 23.4 Å². The maximum Gasteiger partial charge on any atom is 0.308 e. The number of imidazole rings is 1. The zero-order valence-corrected chi connectivity index (χ0v) is 16.7. The number of halogens is 1. The SMILES string of the molecule is COC(=O)[C@H]1C[C@@H]1C1C=CC(c2ncn(C)c2Sc2ccc(Cl)cn2)=CC1. The molecular weight excluding hydrogens is 382 g/mol. The molecule has 27 heavy (non-hydrogen) atoms. The van der Waals surface area contributed by atoms with E-state index in [1.54, 1.807) is 18.0 Å². The summed E-state index contributed by atoms with van der Waals surface area (Å²) < 4.78 is 6.87. The molecule has 0 radical (unpaired) electrons. The Labute approximate surface area is 167 Å². The molecule has 2 heterocycles. The molecule has 2 aromatic heterocycles. The second-order valence-corrected chi connectivity index (χ2v) is 8.32. The summed E-state index contributed by atoms with van der Waals surface area (Å²) in [5.74, 6) is 0.788. The molecule has 1 fully saturated rings. The lowest BCUT2D eigenvalue weighted by Crippen LogP contribution is -2.10. The third-order valence-electron chi connectivity index (χ3n) is 5.08. The highest BCUT2D eigenvalue weighted by molar-refractivity contribution is 7.99. The molecule has 0 bridgehead atoms. The summed E-state index contributed by atoms with van der Waals surface area (Å²) in [7, 11) is 3.44. The Bertz CT molecular complexity index is 920. The van der Waals surface area contributed by atoms with E-state index in [1.165, 1.54) is 7.11 Å². The van der Waals surface area contributed by atoms with Crippen molar-refractivity contribution in [3.8, 4) is 0 Å². The van der Waals surface area contributed by atoms with Crippen LogP contribution in [0.4, 0.5) is 0 Å². The monoisotopic (exact) mass is 401 g/mol. The molecule has 2 aliphatic rings. The van der Waals surface area contributed by atoms with Crippen LogP contribution in [0, 0.1) is 17.8 Å². The Morgan fingerprint density at radius 1 is 1.37 bits per heavy atom. The fourth-order valence-corrected chi connectivity index (χ4v) is 4.51. The number of rotatable bonds is 5. The van der Waals surface area contributed by atoms with E-state index in [9.17, 15) is 4.79 Å². The van der Waals surface area contributed by atoms with E-state index < -0.39 is 0 Å². The number of esters is 1. The highest BCUT2D eigenvalue weighted by Gasteiger charge is 2.47. The number of methoxy groups -OCH3 is 1. The molecule has 0 amide bonds. The van der Waals surface area contributed by atoms with E-state index >= 15 is 0 Å². The summed E-state index contributed by atoms with van der Waals surface area (Å²) in [5.41, 5.74) is 2.06. The standard InChI is InChI=1S/C20H20ClN3O2S/c1-24-11-23-18(19(24)27-17-8-7-14(21)10-22-17)13-5-3-12(4-6-13)15-9-16(15)20(25)26-2/h3,5-8,10-12,15-16H,4,9H2,1-2H3/t12?,15-,16+/m1/s1. The Balaban J connectivity index is 1.48. The Kier molecular flexibility index (Phi) is 5.10. The van der Waals surface area contributed by atoms with Crippen molar-refractivity contribution in [2.45, 2.75) is 22.9 Å². The van der Waals surface area contributed by atoms with Crippen LogP contribution in [0.1, 0.15) is 18.5 Å². The van der Waals surface area contributed by atoms with E-state index in [0.717, 1.165) is 34.2 Å². The van der Waals surface area contributed by atoms with Gasteiger partial charge in [0.25, 0.3) is 0 Å². The van der Waals surface area contributed by atoms with Gasteiger partial charge in [-0.25, -0.2) is 9.97 Å². The average Bonchev–Trinajstić information content (AvgIpc) is 3.41. The van der Waals surface area contributed by atoms with Gasteiger partial charge in [0.1, 0.15) is 15.7 Å². The molecule has 0 aromatic carbocycles. The quantitative estimate of drug-likeness (QED) is 0.695. The van der Waals surface area contributed by atoms with E-state index in [1.807, 2.05) is 30.1 Å². The maximum absolute atomic E-state index is 11.7. The normalized spacial score (nSPS) is 23.8. The number of allylic oxidation sites excluding steroid dienone is 4. The van der Waals surface area contributed by atoms with Gasteiger partial charge in [0, 0.05) is 13.2 Å². The van der Waals surface area contributed by atoms with Gasteiger partial charge in [-0.15, -0.1) is 0 Å². The predicted molar refractivity (Wildman–Crippen MR) is 105 cm³/mol. The van der Waals surface area contributed by atoms with Gasteiger partial charge in [0.15, 0.2) is 0 Å². The van der Waals surface area contributed by atoms with Gasteiger partial charge in [-0.05, 0) is 54.1 Å². The van der Waals surface area contributed by atoms with Gasteiger partial charge in [0.2, 0.25) is 0 Å². The Hall–Kier alpha value is -2.05. The predicted octanol–water partition coefficient (Wildman–Crippen LogP) is 4.39. The Morgan fingerprint density at radius 3 is 2.89 bits per heavy atom. The largest absolute Gasteiger partial charge is 0.469 e. The fraction of sp³-hybridized carbons (Fsp3) is 0.350. The molecule has 0 saturated heterocycles. The third kappa shape index (κ3) is 3.82. The number of nitrogens with zero attached hydrogens (tertiary/aromatic N) is 3. The van der Waals surface area contributed by atoms with Gasteiger partial charge >= 0.3 is 5.97 Å². The molecule has 3 atom stereocenters. The van der Waals surface area contributed by atoms with Gasteiger partial charge in [-0.2, -0.15) is 0 Å². The van der Waals surface area contributed by atoms with Crippen LogP contribution in [0.5, 0.6) is 0 Å². The first kappa shape index (κ1) is 18.3. The average molecular weight is 402 g/mol. The molecule has 2 aliphatic carbocycles. The van der Waals surface area contributed by atoms with Gasteiger partial charge in [0.05, 0.1) is 24.4 Å². The van der Waals surface area contributed by atoms with Crippen LogP contribution in [0.15, 0.2) is 52.9 Å². The zero-order chi connectivity index (χ0) is 19.0. The lowest BCUT2D eigenvalue weighted by Gasteiger charge is -2.16.